The first-order valence-electron chi connectivity index (χ1n) is 16.3. The second kappa shape index (κ2) is 20.3. The maximum absolute atomic E-state index is 12.8. The van der Waals surface area contributed by atoms with Crippen molar-refractivity contribution >= 4 is 33.9 Å². The molecule has 2 aromatic heterocycles. The zero-order valence-electron chi connectivity index (χ0n) is 25.6. The summed E-state index contributed by atoms with van der Waals surface area (Å²) in [6.45, 7) is 8.89. The van der Waals surface area contributed by atoms with Crippen LogP contribution in [-0.4, -0.2) is 21.5 Å². The number of ketones is 2. The molecular formula is C34H56N2O2S. The van der Waals surface area contributed by atoms with Gasteiger partial charge in [-0.05, 0) is 38.5 Å². The second-order valence-electron chi connectivity index (χ2n) is 11.6. The molecule has 0 aliphatic heterocycles. The number of aromatic nitrogens is 2. The monoisotopic (exact) mass is 556 g/mol. The Kier molecular flexibility index (Phi) is 17.5. The molecular weight excluding hydrogens is 500 g/mol. The van der Waals surface area contributed by atoms with E-state index in [2.05, 4.69) is 38.5 Å². The van der Waals surface area contributed by atoms with Gasteiger partial charge in [0, 0.05) is 48.3 Å². The molecule has 0 fully saturated rings. The Morgan fingerprint density at radius 1 is 0.564 bits per heavy atom. The Labute approximate surface area is 243 Å². The molecule has 0 radical (unpaired) electrons. The molecule has 0 spiro atoms. The van der Waals surface area contributed by atoms with Gasteiger partial charge in [0.1, 0.15) is 11.6 Å². The quantitative estimate of drug-likeness (QED) is 0.121. The van der Waals surface area contributed by atoms with Crippen molar-refractivity contribution in [2.75, 3.05) is 0 Å². The third-order valence-corrected chi connectivity index (χ3v) is 8.83. The molecule has 5 heteroatoms. The van der Waals surface area contributed by atoms with Gasteiger partial charge in [0.05, 0.1) is 22.4 Å². The predicted molar refractivity (Wildman–Crippen MR) is 168 cm³/mol. The number of hydrogen-bond acceptors (Lipinski definition) is 5. The van der Waals surface area contributed by atoms with E-state index in [1.165, 1.54) is 25.7 Å². The van der Waals surface area contributed by atoms with Crippen molar-refractivity contribution in [1.82, 2.24) is 9.97 Å². The van der Waals surface area contributed by atoms with E-state index in [-0.39, 0.29) is 11.8 Å². The van der Waals surface area contributed by atoms with Crippen LogP contribution in [0.25, 0.3) is 11.0 Å². The van der Waals surface area contributed by atoms with Gasteiger partial charge < -0.3 is 0 Å². The number of carbonyl (C=O) groups is 2. The fraction of sp³-hybridized carbons (Fsp3) is 0.765. The standard InChI is InChI=1S/C34H56N2O2S/c1-5-9-13-15-19-29(37)23-21-27(17-11-7-3)33-34(36-32-26-39-25-31(32)35-33)28(18-12-8-4)22-24-30(38)20-16-14-10-6-2/h25-28H,5-24H2,1-4H3. The van der Waals surface area contributed by atoms with Gasteiger partial charge in [0.25, 0.3) is 0 Å². The summed E-state index contributed by atoms with van der Waals surface area (Å²) in [6.07, 6.45) is 20.2. The number of Topliss-reactive ketones (excluding diaryl/α,β-unsaturated/α-hetero) is 2. The van der Waals surface area contributed by atoms with Gasteiger partial charge in [-0.3, -0.25) is 9.59 Å². The summed E-state index contributed by atoms with van der Waals surface area (Å²) in [7, 11) is 0. The number of hydrogen-bond donors (Lipinski definition) is 0. The summed E-state index contributed by atoms with van der Waals surface area (Å²) < 4.78 is 0. The van der Waals surface area contributed by atoms with Crippen LogP contribution in [0.2, 0.25) is 0 Å². The van der Waals surface area contributed by atoms with Crippen LogP contribution in [0.1, 0.15) is 179 Å². The molecule has 4 nitrogen and oxygen atoms in total. The SMILES string of the molecule is CCCCCCC(=O)CCC(CCCC)c1nc2cscc2nc1C(CCCC)CCC(=O)CCCCCC. The van der Waals surface area contributed by atoms with Crippen molar-refractivity contribution in [3.05, 3.63) is 22.1 Å². The molecule has 0 amide bonds. The van der Waals surface area contributed by atoms with Crippen molar-refractivity contribution in [1.29, 1.82) is 0 Å². The van der Waals surface area contributed by atoms with Gasteiger partial charge in [0.15, 0.2) is 0 Å². The van der Waals surface area contributed by atoms with E-state index in [1.54, 1.807) is 11.3 Å². The van der Waals surface area contributed by atoms with Gasteiger partial charge >= 0.3 is 0 Å². The minimum absolute atomic E-state index is 0.255. The number of nitrogens with zero attached hydrogens (tertiary/aromatic N) is 2. The van der Waals surface area contributed by atoms with Gasteiger partial charge in [-0.2, -0.15) is 0 Å². The molecule has 0 bridgehead atoms. The van der Waals surface area contributed by atoms with Crippen LogP contribution in [0.3, 0.4) is 0 Å². The zero-order valence-corrected chi connectivity index (χ0v) is 26.4. The van der Waals surface area contributed by atoms with Crippen molar-refractivity contribution in [2.45, 2.75) is 168 Å². The van der Waals surface area contributed by atoms with Crippen LogP contribution >= 0.6 is 11.3 Å². The maximum Gasteiger partial charge on any atom is 0.132 e. The van der Waals surface area contributed by atoms with Crippen LogP contribution in [-0.2, 0) is 9.59 Å². The Morgan fingerprint density at radius 3 is 1.36 bits per heavy atom. The number of unbranched alkanes of at least 4 members (excludes halogenated alkanes) is 8. The summed E-state index contributed by atoms with van der Waals surface area (Å²) >= 11 is 1.66. The van der Waals surface area contributed by atoms with E-state index >= 15 is 0 Å². The maximum atomic E-state index is 12.8. The first kappa shape index (κ1) is 33.6. The minimum atomic E-state index is 0.255. The molecule has 2 heterocycles. The third-order valence-electron chi connectivity index (χ3n) is 8.11. The molecule has 39 heavy (non-hydrogen) atoms. The number of carbonyl (C=O) groups excluding carboxylic acids is 2. The summed E-state index contributed by atoms with van der Waals surface area (Å²) in [4.78, 5) is 36.0. The molecule has 0 aliphatic carbocycles. The van der Waals surface area contributed by atoms with E-state index in [0.29, 0.717) is 37.2 Å². The van der Waals surface area contributed by atoms with E-state index in [0.717, 1.165) is 99.5 Å². The molecule has 220 valence electrons. The van der Waals surface area contributed by atoms with Gasteiger partial charge in [-0.15, -0.1) is 11.3 Å². The number of thiophene rings is 1. The average molecular weight is 557 g/mol. The molecule has 0 saturated carbocycles. The highest BCUT2D eigenvalue weighted by Crippen LogP contribution is 2.37. The lowest BCUT2D eigenvalue weighted by Gasteiger charge is -2.24. The minimum Gasteiger partial charge on any atom is -0.300 e. The predicted octanol–water partition coefficient (Wildman–Crippen LogP) is 10.9. The van der Waals surface area contributed by atoms with Crippen LogP contribution in [0.15, 0.2) is 10.8 Å². The Hall–Kier alpha value is -1.62. The molecule has 2 atom stereocenters. The van der Waals surface area contributed by atoms with Crippen LogP contribution in [0, 0.1) is 0 Å². The third kappa shape index (κ3) is 12.6. The second-order valence-corrected chi connectivity index (χ2v) is 12.3. The summed E-state index contributed by atoms with van der Waals surface area (Å²) in [6, 6.07) is 0. The molecule has 2 unspecified atom stereocenters. The number of fused-ring (bicyclic) bond motifs is 1. The van der Waals surface area contributed by atoms with Crippen molar-refractivity contribution in [2.24, 2.45) is 0 Å². The summed E-state index contributed by atoms with van der Waals surface area (Å²) in [5, 5.41) is 4.21. The molecule has 2 rings (SSSR count). The molecule has 0 aliphatic rings. The lowest BCUT2D eigenvalue weighted by atomic mass is 9.84. The Balaban J connectivity index is 2.25. The largest absolute Gasteiger partial charge is 0.300 e. The fourth-order valence-corrected chi connectivity index (χ4v) is 6.25. The van der Waals surface area contributed by atoms with E-state index < -0.39 is 0 Å². The van der Waals surface area contributed by atoms with Crippen LogP contribution < -0.4 is 0 Å². The molecule has 0 saturated heterocycles. The van der Waals surface area contributed by atoms with E-state index in [9.17, 15) is 9.59 Å². The van der Waals surface area contributed by atoms with Gasteiger partial charge in [-0.25, -0.2) is 9.97 Å². The smallest absolute Gasteiger partial charge is 0.132 e. The Bertz CT molecular complexity index is 880. The first-order chi connectivity index (χ1) is 19.0. The topological polar surface area (TPSA) is 59.9 Å². The molecule has 0 N–H and O–H groups in total. The van der Waals surface area contributed by atoms with E-state index in [4.69, 9.17) is 9.97 Å². The lowest BCUT2D eigenvalue weighted by molar-refractivity contribution is -0.120. The van der Waals surface area contributed by atoms with Crippen LogP contribution in [0.4, 0.5) is 0 Å². The highest BCUT2D eigenvalue weighted by molar-refractivity contribution is 7.09. The fourth-order valence-electron chi connectivity index (χ4n) is 5.58. The highest BCUT2D eigenvalue weighted by Gasteiger charge is 2.26. The molecule has 2 aromatic rings. The number of rotatable bonds is 24. The van der Waals surface area contributed by atoms with E-state index in [1.807, 2.05) is 0 Å². The summed E-state index contributed by atoms with van der Waals surface area (Å²) in [5.41, 5.74) is 4.19. The van der Waals surface area contributed by atoms with Crippen molar-refractivity contribution in [3.8, 4) is 0 Å². The zero-order chi connectivity index (χ0) is 28.3. The normalized spacial score (nSPS) is 13.1. The van der Waals surface area contributed by atoms with Gasteiger partial charge in [-0.1, -0.05) is 91.9 Å². The van der Waals surface area contributed by atoms with Gasteiger partial charge in [0.2, 0.25) is 0 Å². The van der Waals surface area contributed by atoms with Crippen LogP contribution in [0.5, 0.6) is 0 Å². The van der Waals surface area contributed by atoms with Crippen molar-refractivity contribution in [3.63, 3.8) is 0 Å². The molecule has 0 aromatic carbocycles. The first-order valence-corrected chi connectivity index (χ1v) is 17.2. The van der Waals surface area contributed by atoms with Crippen molar-refractivity contribution < 1.29 is 9.59 Å². The average Bonchev–Trinajstić information content (AvgIpc) is 3.41. The lowest BCUT2D eigenvalue weighted by Crippen LogP contribution is -2.15. The summed E-state index contributed by atoms with van der Waals surface area (Å²) in [5.74, 6) is 1.31. The highest BCUT2D eigenvalue weighted by atomic mass is 32.1. The Morgan fingerprint density at radius 2 is 0.974 bits per heavy atom.